The van der Waals surface area contributed by atoms with Crippen LogP contribution in [0, 0.1) is 11.7 Å². The lowest BCUT2D eigenvalue weighted by Gasteiger charge is -2.25. The summed E-state index contributed by atoms with van der Waals surface area (Å²) in [6.07, 6.45) is -9.57. The van der Waals surface area contributed by atoms with Crippen LogP contribution in [-0.2, 0) is 21.9 Å². The van der Waals surface area contributed by atoms with E-state index in [-0.39, 0.29) is 35.8 Å². The quantitative estimate of drug-likeness (QED) is 0.406. The van der Waals surface area contributed by atoms with E-state index in [1.807, 2.05) is 4.90 Å². The van der Waals surface area contributed by atoms with Gasteiger partial charge in [0.1, 0.15) is 5.82 Å². The maximum atomic E-state index is 13.5. The van der Waals surface area contributed by atoms with E-state index in [9.17, 15) is 35.5 Å². The van der Waals surface area contributed by atoms with Crippen molar-refractivity contribution in [2.24, 2.45) is 5.92 Å². The second-order valence-electron chi connectivity index (χ2n) is 9.36. The molecule has 0 bridgehead atoms. The summed E-state index contributed by atoms with van der Waals surface area (Å²) in [7, 11) is 0. The fraction of sp³-hybridized carbons (Fsp3) is 0.423. The number of nitrogens with zero attached hydrogens (tertiary/aromatic N) is 1. The minimum absolute atomic E-state index is 0.00952. The smallest absolute Gasteiger partial charge is 0.371 e. The minimum atomic E-state index is -4.96. The number of hydrogen-bond acceptors (Lipinski definition) is 3. The fourth-order valence-corrected chi connectivity index (χ4v) is 4.73. The highest BCUT2D eigenvalue weighted by molar-refractivity contribution is 5.94. The molecule has 0 N–H and O–H groups in total. The van der Waals surface area contributed by atoms with Crippen LogP contribution in [0.3, 0.4) is 0 Å². The molecule has 10 heteroatoms. The molecule has 0 spiro atoms. The van der Waals surface area contributed by atoms with Gasteiger partial charge in [-0.25, -0.2) is 4.39 Å². The third-order valence-electron chi connectivity index (χ3n) is 6.74. The van der Waals surface area contributed by atoms with Gasteiger partial charge in [-0.15, -0.1) is 0 Å². The number of hydrogen-bond donors (Lipinski definition) is 0. The molecule has 1 aliphatic carbocycles. The van der Waals surface area contributed by atoms with Crippen LogP contribution >= 0.6 is 0 Å². The summed E-state index contributed by atoms with van der Waals surface area (Å²) in [6, 6.07) is 7.13. The Morgan fingerprint density at radius 3 is 2.03 bits per heavy atom. The highest BCUT2D eigenvalue weighted by Crippen LogP contribution is 2.40. The van der Waals surface area contributed by atoms with Crippen LogP contribution in [0.1, 0.15) is 54.5 Å². The lowest BCUT2D eigenvalue weighted by molar-refractivity contribution is -0.143. The van der Waals surface area contributed by atoms with Gasteiger partial charge in [0.05, 0.1) is 23.3 Å². The average Bonchev–Trinajstić information content (AvgIpc) is 3.35. The molecule has 0 aromatic heterocycles. The standard InChI is InChI=1S/C26H24F7NO2/c1-14-7-21(11-23(14)35)34-12-22(16-3-5-20(27)6-4-16)24(13-34)36-15(2)17-8-18(25(28,29)30)10-19(9-17)26(31,32)33/h3-6,8-11,14-15,22,24H,7,12-13H2,1-2H3/t14?,15-,22+,24-/m1/s1. The van der Waals surface area contributed by atoms with Crippen molar-refractivity contribution in [3.8, 4) is 0 Å². The first-order chi connectivity index (χ1) is 16.7. The minimum Gasteiger partial charge on any atom is -0.371 e. The largest absolute Gasteiger partial charge is 0.416 e. The van der Waals surface area contributed by atoms with Gasteiger partial charge in [-0.2, -0.15) is 26.3 Å². The maximum absolute atomic E-state index is 13.5. The summed E-state index contributed by atoms with van der Waals surface area (Å²) in [5.41, 5.74) is -1.55. The van der Waals surface area contributed by atoms with Crippen molar-refractivity contribution in [2.45, 2.75) is 50.7 Å². The summed E-state index contributed by atoms with van der Waals surface area (Å²) in [5, 5.41) is 0. The van der Waals surface area contributed by atoms with Crippen LogP contribution in [-0.4, -0.2) is 29.9 Å². The van der Waals surface area contributed by atoms with Crippen LogP contribution in [0.25, 0.3) is 0 Å². The second kappa shape index (κ2) is 9.53. The Labute approximate surface area is 203 Å². The van der Waals surface area contributed by atoms with Gasteiger partial charge in [0.2, 0.25) is 0 Å². The van der Waals surface area contributed by atoms with E-state index >= 15 is 0 Å². The number of ether oxygens (including phenoxy) is 1. The molecule has 0 saturated carbocycles. The summed E-state index contributed by atoms with van der Waals surface area (Å²) >= 11 is 0. The Morgan fingerprint density at radius 1 is 0.944 bits per heavy atom. The highest BCUT2D eigenvalue weighted by atomic mass is 19.4. The summed E-state index contributed by atoms with van der Waals surface area (Å²) in [5.74, 6) is -0.965. The van der Waals surface area contributed by atoms with E-state index in [0.717, 1.165) is 5.70 Å². The molecule has 0 amide bonds. The van der Waals surface area contributed by atoms with Crippen LogP contribution in [0.15, 0.2) is 54.2 Å². The first-order valence-electron chi connectivity index (χ1n) is 11.4. The predicted octanol–water partition coefficient (Wildman–Crippen LogP) is 6.90. The molecule has 4 atom stereocenters. The predicted molar refractivity (Wildman–Crippen MR) is 117 cm³/mol. The Kier molecular flexibility index (Phi) is 6.94. The van der Waals surface area contributed by atoms with Gasteiger partial charge in [-0.3, -0.25) is 4.79 Å². The molecule has 2 aromatic carbocycles. The maximum Gasteiger partial charge on any atom is 0.416 e. The molecule has 1 heterocycles. The molecular weight excluding hydrogens is 491 g/mol. The Hall–Kier alpha value is -2.88. The molecule has 4 rings (SSSR count). The van der Waals surface area contributed by atoms with Crippen molar-refractivity contribution in [1.29, 1.82) is 0 Å². The molecular formula is C26H24F7NO2. The van der Waals surface area contributed by atoms with Gasteiger partial charge < -0.3 is 9.64 Å². The molecule has 2 aliphatic rings. The van der Waals surface area contributed by atoms with E-state index < -0.39 is 41.5 Å². The Bertz CT molecular complexity index is 1120. The fourth-order valence-electron chi connectivity index (χ4n) is 4.73. The van der Waals surface area contributed by atoms with Crippen LogP contribution in [0.5, 0.6) is 0 Å². The number of rotatable bonds is 5. The van der Waals surface area contributed by atoms with Gasteiger partial charge in [-0.1, -0.05) is 19.1 Å². The van der Waals surface area contributed by atoms with Crippen molar-refractivity contribution >= 4 is 5.78 Å². The van der Waals surface area contributed by atoms with Crippen LogP contribution < -0.4 is 0 Å². The number of carbonyl (C=O) groups is 1. The van der Waals surface area contributed by atoms with Gasteiger partial charge in [0.25, 0.3) is 0 Å². The summed E-state index contributed by atoms with van der Waals surface area (Å²) in [4.78, 5) is 14.0. The second-order valence-corrected chi connectivity index (χ2v) is 9.36. The number of ketones is 1. The molecule has 1 fully saturated rings. The molecule has 194 valence electrons. The normalized spacial score (nSPS) is 23.8. The van der Waals surface area contributed by atoms with E-state index in [2.05, 4.69) is 0 Å². The molecule has 1 saturated heterocycles. The third-order valence-corrected chi connectivity index (χ3v) is 6.74. The summed E-state index contributed by atoms with van der Waals surface area (Å²) in [6.45, 7) is 3.90. The molecule has 3 nitrogen and oxygen atoms in total. The monoisotopic (exact) mass is 515 g/mol. The van der Waals surface area contributed by atoms with Crippen molar-refractivity contribution in [3.05, 3.63) is 82.3 Å². The number of carbonyl (C=O) groups excluding carboxylic acids is 1. The van der Waals surface area contributed by atoms with E-state index in [1.165, 1.54) is 19.1 Å². The van der Waals surface area contributed by atoms with Crippen LogP contribution in [0.2, 0.25) is 0 Å². The van der Waals surface area contributed by atoms with Gasteiger partial charge in [-0.05, 0) is 54.8 Å². The number of alkyl halides is 6. The lowest BCUT2D eigenvalue weighted by atomic mass is 9.95. The summed E-state index contributed by atoms with van der Waals surface area (Å²) < 4.78 is 99.6. The van der Waals surface area contributed by atoms with Crippen molar-refractivity contribution in [3.63, 3.8) is 0 Å². The van der Waals surface area contributed by atoms with Gasteiger partial charge in [0, 0.05) is 36.7 Å². The van der Waals surface area contributed by atoms with Crippen molar-refractivity contribution in [1.82, 2.24) is 4.90 Å². The number of benzene rings is 2. The number of halogens is 7. The van der Waals surface area contributed by atoms with E-state index in [1.54, 1.807) is 25.1 Å². The zero-order valence-corrected chi connectivity index (χ0v) is 19.5. The molecule has 1 unspecified atom stereocenters. The van der Waals surface area contributed by atoms with E-state index in [4.69, 9.17) is 4.74 Å². The molecule has 1 aliphatic heterocycles. The first kappa shape index (κ1) is 26.2. The Morgan fingerprint density at radius 2 is 1.53 bits per heavy atom. The molecule has 36 heavy (non-hydrogen) atoms. The first-order valence-corrected chi connectivity index (χ1v) is 11.4. The lowest BCUT2D eigenvalue weighted by Crippen LogP contribution is -2.25. The zero-order valence-electron chi connectivity index (χ0n) is 19.5. The molecule has 2 aromatic rings. The van der Waals surface area contributed by atoms with Gasteiger partial charge >= 0.3 is 12.4 Å². The SMILES string of the molecule is CC1CC(N2C[C@@H](O[C@H](C)c3cc(C(F)(F)F)cc(C(F)(F)F)c3)[C@H](c3ccc(F)cc3)C2)=CC1=O. The van der Waals surface area contributed by atoms with Crippen molar-refractivity contribution in [2.75, 3.05) is 13.1 Å². The highest BCUT2D eigenvalue weighted by Gasteiger charge is 2.40. The van der Waals surface area contributed by atoms with Gasteiger partial charge in [0.15, 0.2) is 5.78 Å². The zero-order chi connectivity index (χ0) is 26.4. The number of likely N-dealkylation sites (tertiary alicyclic amines) is 1. The average molecular weight is 515 g/mol. The van der Waals surface area contributed by atoms with E-state index in [0.29, 0.717) is 30.7 Å². The molecule has 0 radical (unpaired) electrons. The van der Waals surface area contributed by atoms with Crippen LogP contribution in [0.4, 0.5) is 30.7 Å². The third kappa shape index (κ3) is 5.58. The number of allylic oxidation sites excluding steroid dienone is 2. The topological polar surface area (TPSA) is 29.5 Å². The Balaban J connectivity index is 1.64. The van der Waals surface area contributed by atoms with Crippen molar-refractivity contribution < 1.29 is 40.3 Å².